The molecule has 11 heteroatoms. The van der Waals surface area contributed by atoms with Gasteiger partial charge in [-0.25, -0.2) is 14.1 Å². The molecule has 3 rings (SSSR count). The SMILES string of the molecule is Cc1nn(CC(C)C(=O)Nc2ncn(Cc3ccccc3F)n2)c(C)c1[N+](=O)[O-]. The van der Waals surface area contributed by atoms with Crippen LogP contribution in [0.3, 0.4) is 0 Å². The van der Waals surface area contributed by atoms with Crippen molar-refractivity contribution in [3.05, 3.63) is 63.5 Å². The Bertz CT molecular complexity index is 1060. The van der Waals surface area contributed by atoms with E-state index >= 15 is 0 Å². The molecular formula is C18H20FN7O3. The van der Waals surface area contributed by atoms with Crippen LogP contribution in [-0.4, -0.2) is 35.4 Å². The molecule has 0 bridgehead atoms. The van der Waals surface area contributed by atoms with Gasteiger partial charge >= 0.3 is 5.69 Å². The van der Waals surface area contributed by atoms with E-state index in [1.54, 1.807) is 39.0 Å². The largest absolute Gasteiger partial charge is 0.312 e. The summed E-state index contributed by atoms with van der Waals surface area (Å²) < 4.78 is 16.6. The highest BCUT2D eigenvalue weighted by atomic mass is 19.1. The molecule has 1 amide bonds. The molecule has 2 aromatic heterocycles. The summed E-state index contributed by atoms with van der Waals surface area (Å²) >= 11 is 0. The van der Waals surface area contributed by atoms with Gasteiger partial charge in [0, 0.05) is 5.56 Å². The van der Waals surface area contributed by atoms with Gasteiger partial charge in [0.2, 0.25) is 11.9 Å². The molecule has 10 nitrogen and oxygen atoms in total. The van der Waals surface area contributed by atoms with Crippen molar-refractivity contribution in [3.8, 4) is 0 Å². The first kappa shape index (κ1) is 20.1. The Morgan fingerprint density at radius 3 is 2.69 bits per heavy atom. The smallest absolute Gasteiger partial charge is 0.293 e. The Kier molecular flexibility index (Phi) is 5.66. The van der Waals surface area contributed by atoms with Crippen molar-refractivity contribution in [2.24, 2.45) is 5.92 Å². The maximum absolute atomic E-state index is 13.7. The third-order valence-electron chi connectivity index (χ3n) is 4.48. The summed E-state index contributed by atoms with van der Waals surface area (Å²) in [5, 5.41) is 22.0. The van der Waals surface area contributed by atoms with Crippen LogP contribution >= 0.6 is 0 Å². The van der Waals surface area contributed by atoms with Crippen molar-refractivity contribution >= 4 is 17.5 Å². The molecule has 29 heavy (non-hydrogen) atoms. The van der Waals surface area contributed by atoms with Crippen LogP contribution in [-0.2, 0) is 17.9 Å². The third-order valence-corrected chi connectivity index (χ3v) is 4.48. The van der Waals surface area contributed by atoms with E-state index in [4.69, 9.17) is 0 Å². The molecule has 3 aromatic rings. The number of benzene rings is 1. The highest BCUT2D eigenvalue weighted by molar-refractivity contribution is 5.90. The van der Waals surface area contributed by atoms with Crippen LogP contribution in [0.1, 0.15) is 23.9 Å². The molecular weight excluding hydrogens is 381 g/mol. The molecule has 0 saturated carbocycles. The van der Waals surface area contributed by atoms with Gasteiger partial charge in [0.1, 0.15) is 23.5 Å². The molecule has 2 heterocycles. The van der Waals surface area contributed by atoms with Crippen molar-refractivity contribution in [2.75, 3.05) is 5.32 Å². The number of hydrogen-bond donors (Lipinski definition) is 1. The fourth-order valence-electron chi connectivity index (χ4n) is 2.93. The molecule has 1 unspecified atom stereocenters. The van der Waals surface area contributed by atoms with Crippen molar-refractivity contribution in [3.63, 3.8) is 0 Å². The molecule has 1 aromatic carbocycles. The average Bonchev–Trinajstić information content (AvgIpc) is 3.20. The van der Waals surface area contributed by atoms with Crippen LogP contribution in [0.25, 0.3) is 0 Å². The Hall–Kier alpha value is -3.63. The minimum atomic E-state index is -0.536. The minimum absolute atomic E-state index is 0.0498. The van der Waals surface area contributed by atoms with Crippen LogP contribution in [0.5, 0.6) is 0 Å². The first-order valence-corrected chi connectivity index (χ1v) is 8.88. The molecule has 1 atom stereocenters. The van der Waals surface area contributed by atoms with Gasteiger partial charge in [-0.3, -0.25) is 24.9 Å². The molecule has 0 aliphatic heterocycles. The summed E-state index contributed by atoms with van der Waals surface area (Å²) in [5.41, 5.74) is 1.09. The first-order valence-electron chi connectivity index (χ1n) is 8.88. The quantitative estimate of drug-likeness (QED) is 0.479. The van der Waals surface area contributed by atoms with Crippen molar-refractivity contribution in [2.45, 2.75) is 33.9 Å². The molecule has 152 valence electrons. The maximum atomic E-state index is 13.7. The predicted molar refractivity (Wildman–Crippen MR) is 102 cm³/mol. The topological polar surface area (TPSA) is 121 Å². The lowest BCUT2D eigenvalue weighted by Crippen LogP contribution is -2.26. The lowest BCUT2D eigenvalue weighted by atomic mass is 10.1. The van der Waals surface area contributed by atoms with E-state index in [2.05, 4.69) is 20.5 Å². The van der Waals surface area contributed by atoms with Gasteiger partial charge in [0.15, 0.2) is 0 Å². The lowest BCUT2D eigenvalue weighted by Gasteiger charge is -2.11. The summed E-state index contributed by atoms with van der Waals surface area (Å²) in [6.45, 7) is 5.17. The second-order valence-corrected chi connectivity index (χ2v) is 6.71. The van der Waals surface area contributed by atoms with E-state index in [9.17, 15) is 19.3 Å². The molecule has 0 aliphatic carbocycles. The zero-order valence-electron chi connectivity index (χ0n) is 16.2. The number of aromatic nitrogens is 5. The third kappa shape index (κ3) is 4.45. The van der Waals surface area contributed by atoms with E-state index in [1.165, 1.54) is 21.8 Å². The van der Waals surface area contributed by atoms with E-state index < -0.39 is 10.8 Å². The zero-order chi connectivity index (χ0) is 21.1. The second-order valence-electron chi connectivity index (χ2n) is 6.71. The van der Waals surface area contributed by atoms with Crippen LogP contribution in [0.15, 0.2) is 30.6 Å². The highest BCUT2D eigenvalue weighted by Gasteiger charge is 2.24. The van der Waals surface area contributed by atoms with Gasteiger partial charge in [-0.1, -0.05) is 25.1 Å². The maximum Gasteiger partial charge on any atom is 0.312 e. The lowest BCUT2D eigenvalue weighted by molar-refractivity contribution is -0.386. The summed E-state index contributed by atoms with van der Waals surface area (Å²) in [5.74, 6) is -1.14. The number of aryl methyl sites for hydroxylation is 1. The minimum Gasteiger partial charge on any atom is -0.293 e. The van der Waals surface area contributed by atoms with Gasteiger partial charge in [0.25, 0.3) is 0 Å². The fraction of sp³-hybridized carbons (Fsp3) is 0.333. The highest BCUT2D eigenvalue weighted by Crippen LogP contribution is 2.22. The second kappa shape index (κ2) is 8.17. The van der Waals surface area contributed by atoms with E-state index in [1.807, 2.05) is 0 Å². The first-order chi connectivity index (χ1) is 13.8. The van der Waals surface area contributed by atoms with Crippen molar-refractivity contribution < 1.29 is 14.1 Å². The summed E-state index contributed by atoms with van der Waals surface area (Å²) in [7, 11) is 0. The number of nitro groups is 1. The standard InChI is InChI=1S/C18H20FN7O3/c1-11(8-25-13(3)16(26(28)29)12(2)22-25)17(27)21-18-20-10-24(23-18)9-14-6-4-5-7-15(14)19/h4-7,10-11H,8-9H2,1-3H3,(H,21,23,27). The monoisotopic (exact) mass is 401 g/mol. The molecule has 0 radical (unpaired) electrons. The number of carbonyl (C=O) groups is 1. The molecule has 0 spiro atoms. The Morgan fingerprint density at radius 2 is 2.03 bits per heavy atom. The summed E-state index contributed by atoms with van der Waals surface area (Å²) in [4.78, 5) is 27.1. The zero-order valence-corrected chi connectivity index (χ0v) is 16.2. The van der Waals surface area contributed by atoms with Crippen LogP contribution < -0.4 is 5.32 Å². The fourth-order valence-corrected chi connectivity index (χ4v) is 2.93. The number of carbonyl (C=O) groups excluding carboxylic acids is 1. The molecule has 0 saturated heterocycles. The molecule has 0 fully saturated rings. The Balaban J connectivity index is 1.63. The van der Waals surface area contributed by atoms with Gasteiger partial charge in [-0.15, -0.1) is 5.10 Å². The summed E-state index contributed by atoms with van der Waals surface area (Å²) in [6, 6.07) is 6.33. The number of amides is 1. The van der Waals surface area contributed by atoms with Crippen LogP contribution in [0.2, 0.25) is 0 Å². The van der Waals surface area contributed by atoms with Crippen molar-refractivity contribution in [1.82, 2.24) is 24.5 Å². The van der Waals surface area contributed by atoms with Gasteiger partial charge in [-0.05, 0) is 19.9 Å². The van der Waals surface area contributed by atoms with E-state index in [-0.39, 0.29) is 36.4 Å². The number of halogens is 1. The van der Waals surface area contributed by atoms with E-state index in [0.29, 0.717) is 17.0 Å². The van der Waals surface area contributed by atoms with Crippen LogP contribution in [0, 0.1) is 35.7 Å². The summed E-state index contributed by atoms with van der Waals surface area (Å²) in [6.07, 6.45) is 1.40. The Morgan fingerprint density at radius 1 is 1.31 bits per heavy atom. The van der Waals surface area contributed by atoms with E-state index in [0.717, 1.165) is 0 Å². The van der Waals surface area contributed by atoms with Gasteiger partial charge in [-0.2, -0.15) is 5.10 Å². The number of nitrogens with one attached hydrogen (secondary N) is 1. The number of hydrogen-bond acceptors (Lipinski definition) is 6. The Labute approximate surface area is 165 Å². The number of nitrogens with zero attached hydrogens (tertiary/aromatic N) is 6. The van der Waals surface area contributed by atoms with Crippen molar-refractivity contribution in [1.29, 1.82) is 0 Å². The predicted octanol–water partition coefficient (Wildman–Crippen LogP) is 2.46. The number of rotatable bonds is 7. The normalized spacial score (nSPS) is 12.0. The molecule has 0 aliphatic rings. The van der Waals surface area contributed by atoms with Crippen LogP contribution in [0.4, 0.5) is 16.0 Å². The average molecular weight is 401 g/mol. The number of anilines is 1. The van der Waals surface area contributed by atoms with Gasteiger partial charge < -0.3 is 0 Å². The van der Waals surface area contributed by atoms with Gasteiger partial charge in [0.05, 0.1) is 23.9 Å². The molecule has 1 N–H and O–H groups in total.